The lowest BCUT2D eigenvalue weighted by Crippen LogP contribution is -2.31. The first-order valence-corrected chi connectivity index (χ1v) is 13.4. The van der Waals surface area contributed by atoms with Crippen LogP contribution in [-0.2, 0) is 13.5 Å². The summed E-state index contributed by atoms with van der Waals surface area (Å²) in [6, 6.07) is 10.7. The van der Waals surface area contributed by atoms with Gasteiger partial charge in [0.05, 0.1) is 7.05 Å². The van der Waals surface area contributed by atoms with Crippen LogP contribution in [-0.4, -0.2) is 4.57 Å². The van der Waals surface area contributed by atoms with Gasteiger partial charge in [0.25, 0.3) is 5.82 Å². The topological polar surface area (TPSA) is 8.81 Å². The van der Waals surface area contributed by atoms with Crippen molar-refractivity contribution in [2.75, 3.05) is 0 Å². The molecule has 31 heavy (non-hydrogen) atoms. The van der Waals surface area contributed by atoms with Crippen LogP contribution in [0.25, 0.3) is 5.69 Å². The van der Waals surface area contributed by atoms with Gasteiger partial charge in [0, 0.05) is 6.42 Å². The van der Waals surface area contributed by atoms with Crippen LogP contribution in [0.2, 0.25) is 0 Å². The summed E-state index contributed by atoms with van der Waals surface area (Å²) in [6.07, 6.45) is 29.9. The van der Waals surface area contributed by atoms with Crippen molar-refractivity contribution in [1.29, 1.82) is 0 Å². The molecule has 1 aromatic heterocycles. The molecule has 0 amide bonds. The standard InChI is InChI=1S/C29H49N2/c1-3-4-5-6-7-8-9-10-11-12-13-14-15-16-17-18-22-25-29-30(2)26-27-31(29)28-23-20-19-21-24-28/h19-21,23-24,26-27H,3-18,22,25H2,1-2H3/q+1. The summed E-state index contributed by atoms with van der Waals surface area (Å²) >= 11 is 0. The summed E-state index contributed by atoms with van der Waals surface area (Å²) in [5.74, 6) is 1.41. The Morgan fingerprint density at radius 2 is 1.06 bits per heavy atom. The van der Waals surface area contributed by atoms with Crippen molar-refractivity contribution >= 4 is 0 Å². The van der Waals surface area contributed by atoms with Gasteiger partial charge in [-0.25, -0.2) is 4.57 Å². The first-order valence-electron chi connectivity index (χ1n) is 13.4. The third kappa shape index (κ3) is 11.0. The molecular formula is C29H49N2+. The molecule has 0 aliphatic rings. The van der Waals surface area contributed by atoms with Crippen LogP contribution in [0, 0.1) is 0 Å². The number of hydrogen-bond acceptors (Lipinski definition) is 0. The monoisotopic (exact) mass is 425 g/mol. The van der Waals surface area contributed by atoms with Gasteiger partial charge < -0.3 is 0 Å². The zero-order valence-corrected chi connectivity index (χ0v) is 20.7. The maximum atomic E-state index is 2.34. The molecule has 0 spiro atoms. The number of benzene rings is 1. The predicted molar refractivity (Wildman–Crippen MR) is 135 cm³/mol. The van der Waals surface area contributed by atoms with E-state index in [0.717, 1.165) is 6.42 Å². The van der Waals surface area contributed by atoms with Gasteiger partial charge in [-0.05, 0) is 18.6 Å². The van der Waals surface area contributed by atoms with E-state index in [0.29, 0.717) is 0 Å². The summed E-state index contributed by atoms with van der Waals surface area (Å²) in [5.41, 5.74) is 1.27. The molecule has 0 unspecified atom stereocenters. The van der Waals surface area contributed by atoms with Gasteiger partial charge in [-0.1, -0.05) is 128 Å². The van der Waals surface area contributed by atoms with Gasteiger partial charge in [-0.2, -0.15) is 4.57 Å². The van der Waals surface area contributed by atoms with Gasteiger partial charge in [0.15, 0.2) is 0 Å². The van der Waals surface area contributed by atoms with Crippen molar-refractivity contribution in [3.63, 3.8) is 0 Å². The van der Waals surface area contributed by atoms with Crippen molar-refractivity contribution in [1.82, 2.24) is 4.57 Å². The Balaban J connectivity index is 1.40. The Morgan fingerprint density at radius 1 is 0.613 bits per heavy atom. The number of unbranched alkanes of at least 4 members (excludes halogenated alkanes) is 16. The first kappa shape index (κ1) is 25.7. The highest BCUT2D eigenvalue weighted by atomic mass is 15.1. The molecule has 0 saturated carbocycles. The highest BCUT2D eigenvalue weighted by molar-refractivity contribution is 5.31. The minimum atomic E-state index is 1.16. The van der Waals surface area contributed by atoms with Crippen LogP contribution >= 0.6 is 0 Å². The molecule has 1 aromatic carbocycles. The van der Waals surface area contributed by atoms with Crippen LogP contribution in [0.5, 0.6) is 0 Å². The molecule has 0 N–H and O–H groups in total. The lowest BCUT2D eigenvalue weighted by atomic mass is 10.0. The van der Waals surface area contributed by atoms with Crippen molar-refractivity contribution < 1.29 is 4.57 Å². The first-order chi connectivity index (χ1) is 15.3. The quantitative estimate of drug-likeness (QED) is 0.157. The smallest absolute Gasteiger partial charge is 0.237 e. The number of aromatic nitrogens is 2. The molecule has 0 bridgehead atoms. The third-order valence-corrected chi connectivity index (χ3v) is 6.66. The summed E-state index contributed by atoms with van der Waals surface area (Å²) in [6.45, 7) is 2.30. The fraction of sp³-hybridized carbons (Fsp3) is 0.690. The Kier molecular flexibility index (Phi) is 14.1. The Morgan fingerprint density at radius 3 is 1.55 bits per heavy atom. The molecule has 0 aliphatic carbocycles. The molecule has 2 nitrogen and oxygen atoms in total. The molecule has 1 heterocycles. The van der Waals surface area contributed by atoms with E-state index < -0.39 is 0 Å². The Labute approximate surface area is 193 Å². The van der Waals surface area contributed by atoms with E-state index in [4.69, 9.17) is 0 Å². The van der Waals surface area contributed by atoms with E-state index in [-0.39, 0.29) is 0 Å². The molecular weight excluding hydrogens is 376 g/mol. The van der Waals surface area contributed by atoms with E-state index in [1.807, 2.05) is 0 Å². The van der Waals surface area contributed by atoms with Crippen LogP contribution in [0.3, 0.4) is 0 Å². The fourth-order valence-electron chi connectivity index (χ4n) is 4.64. The molecule has 2 heteroatoms. The summed E-state index contributed by atoms with van der Waals surface area (Å²) in [5, 5.41) is 0. The number of para-hydroxylation sites is 1. The number of imidazole rings is 1. The Hall–Kier alpha value is -1.57. The summed E-state index contributed by atoms with van der Waals surface area (Å²) < 4.78 is 4.62. The van der Waals surface area contributed by atoms with E-state index in [1.54, 1.807) is 0 Å². The number of hydrogen-bond donors (Lipinski definition) is 0. The van der Waals surface area contributed by atoms with Crippen LogP contribution < -0.4 is 4.57 Å². The van der Waals surface area contributed by atoms with Crippen LogP contribution in [0.4, 0.5) is 0 Å². The molecule has 0 radical (unpaired) electrons. The second-order valence-corrected chi connectivity index (χ2v) is 9.44. The van der Waals surface area contributed by atoms with Crippen molar-refractivity contribution in [3.8, 4) is 5.69 Å². The molecule has 2 aromatic rings. The normalized spacial score (nSPS) is 11.3. The Bertz CT molecular complexity index is 659. The van der Waals surface area contributed by atoms with Crippen LogP contribution in [0.15, 0.2) is 42.7 Å². The maximum absolute atomic E-state index is 2.34. The maximum Gasteiger partial charge on any atom is 0.261 e. The lowest BCUT2D eigenvalue weighted by Gasteiger charge is -2.04. The van der Waals surface area contributed by atoms with Gasteiger partial charge in [-0.15, -0.1) is 0 Å². The van der Waals surface area contributed by atoms with Crippen molar-refractivity contribution in [3.05, 3.63) is 48.5 Å². The second-order valence-electron chi connectivity index (χ2n) is 9.44. The lowest BCUT2D eigenvalue weighted by molar-refractivity contribution is -0.678. The zero-order chi connectivity index (χ0) is 22.0. The average molecular weight is 426 g/mol. The SMILES string of the molecule is CCCCCCCCCCCCCCCCCCCc1n(-c2ccccc2)cc[n+]1C. The van der Waals surface area contributed by atoms with Gasteiger partial charge in [0.2, 0.25) is 0 Å². The van der Waals surface area contributed by atoms with E-state index >= 15 is 0 Å². The zero-order valence-electron chi connectivity index (χ0n) is 20.7. The number of aryl methyl sites for hydroxylation is 1. The summed E-state index contributed by atoms with van der Waals surface area (Å²) in [4.78, 5) is 0. The number of nitrogens with zero attached hydrogens (tertiary/aromatic N) is 2. The molecule has 0 aliphatic heterocycles. The number of rotatable bonds is 19. The van der Waals surface area contributed by atoms with Crippen LogP contribution in [0.1, 0.15) is 122 Å². The molecule has 0 saturated heterocycles. The largest absolute Gasteiger partial charge is 0.261 e. The van der Waals surface area contributed by atoms with E-state index in [9.17, 15) is 0 Å². The van der Waals surface area contributed by atoms with E-state index in [1.165, 1.54) is 121 Å². The molecule has 0 fully saturated rings. The highest BCUT2D eigenvalue weighted by Crippen LogP contribution is 2.15. The second kappa shape index (κ2) is 17.0. The fourth-order valence-corrected chi connectivity index (χ4v) is 4.64. The minimum Gasteiger partial charge on any atom is -0.237 e. The van der Waals surface area contributed by atoms with Gasteiger partial charge >= 0.3 is 0 Å². The van der Waals surface area contributed by atoms with Gasteiger partial charge in [-0.3, -0.25) is 0 Å². The summed E-state index contributed by atoms with van der Waals surface area (Å²) in [7, 11) is 2.17. The third-order valence-electron chi connectivity index (χ3n) is 6.66. The van der Waals surface area contributed by atoms with E-state index in [2.05, 4.69) is 65.8 Å². The average Bonchev–Trinajstić information content (AvgIpc) is 3.16. The van der Waals surface area contributed by atoms with Crippen molar-refractivity contribution in [2.45, 2.75) is 122 Å². The molecule has 2 rings (SSSR count). The predicted octanol–water partition coefficient (Wildman–Crippen LogP) is 8.50. The van der Waals surface area contributed by atoms with Crippen molar-refractivity contribution in [2.24, 2.45) is 7.05 Å². The molecule has 174 valence electrons. The van der Waals surface area contributed by atoms with Gasteiger partial charge in [0.1, 0.15) is 18.1 Å². The minimum absolute atomic E-state index is 1.16. The highest BCUT2D eigenvalue weighted by Gasteiger charge is 2.15. The molecule has 0 atom stereocenters.